The Morgan fingerprint density at radius 2 is 2.09 bits per heavy atom. The standard InChI is InChI=1S/C16H24N4O2/c1-5-18-10(2)9-19-15(21)7-6-13-11(3)14(8-17)16(22)20-12(13)4/h10,18H,5-7,9H2,1-4H3,(H,19,21)(H,20,22)/t10-/m1/s1. The van der Waals surface area contributed by atoms with Gasteiger partial charge in [-0.25, -0.2) is 0 Å². The Morgan fingerprint density at radius 3 is 2.68 bits per heavy atom. The molecule has 0 saturated heterocycles. The topological polar surface area (TPSA) is 97.8 Å². The SMILES string of the molecule is CCN[C@H](C)CNC(=O)CCc1c(C)[nH]c(=O)c(C#N)c1C. The molecule has 6 nitrogen and oxygen atoms in total. The number of hydrogen-bond acceptors (Lipinski definition) is 4. The second kappa shape index (κ2) is 8.35. The van der Waals surface area contributed by atoms with Gasteiger partial charge < -0.3 is 15.6 Å². The first-order valence-corrected chi connectivity index (χ1v) is 7.53. The first kappa shape index (κ1) is 17.9. The number of aromatic nitrogens is 1. The highest BCUT2D eigenvalue weighted by Gasteiger charge is 2.13. The van der Waals surface area contributed by atoms with Crippen molar-refractivity contribution in [3.63, 3.8) is 0 Å². The van der Waals surface area contributed by atoms with Gasteiger partial charge in [-0.1, -0.05) is 6.92 Å². The summed E-state index contributed by atoms with van der Waals surface area (Å²) in [5, 5.41) is 15.1. The fourth-order valence-corrected chi connectivity index (χ4v) is 2.43. The third-order valence-corrected chi connectivity index (χ3v) is 3.68. The normalized spacial score (nSPS) is 11.8. The van der Waals surface area contributed by atoms with E-state index in [0.29, 0.717) is 24.9 Å². The van der Waals surface area contributed by atoms with Crippen LogP contribution in [0.3, 0.4) is 0 Å². The number of nitriles is 1. The second-order valence-corrected chi connectivity index (χ2v) is 5.43. The van der Waals surface area contributed by atoms with Crippen LogP contribution in [0.25, 0.3) is 0 Å². The molecule has 0 bridgehead atoms. The van der Waals surface area contributed by atoms with Crippen molar-refractivity contribution in [2.75, 3.05) is 13.1 Å². The number of likely N-dealkylation sites (N-methyl/N-ethyl adjacent to an activating group) is 1. The Labute approximate surface area is 130 Å². The van der Waals surface area contributed by atoms with E-state index in [2.05, 4.69) is 15.6 Å². The molecule has 1 amide bonds. The third kappa shape index (κ3) is 4.71. The summed E-state index contributed by atoms with van der Waals surface area (Å²) in [4.78, 5) is 26.2. The number of aryl methyl sites for hydroxylation is 1. The number of rotatable bonds is 7. The lowest BCUT2D eigenvalue weighted by Crippen LogP contribution is -2.38. The van der Waals surface area contributed by atoms with Crippen LogP contribution in [0.4, 0.5) is 0 Å². The molecule has 1 aromatic heterocycles. The summed E-state index contributed by atoms with van der Waals surface area (Å²) in [7, 11) is 0. The molecule has 0 aliphatic rings. The van der Waals surface area contributed by atoms with E-state index in [-0.39, 0.29) is 23.1 Å². The molecule has 1 aromatic rings. The van der Waals surface area contributed by atoms with Crippen LogP contribution >= 0.6 is 0 Å². The number of pyridine rings is 1. The van der Waals surface area contributed by atoms with Gasteiger partial charge in [0.15, 0.2) is 0 Å². The molecule has 120 valence electrons. The van der Waals surface area contributed by atoms with Crippen molar-refractivity contribution in [3.8, 4) is 6.07 Å². The smallest absolute Gasteiger partial charge is 0.266 e. The van der Waals surface area contributed by atoms with Gasteiger partial charge in [0.25, 0.3) is 5.56 Å². The number of amides is 1. The summed E-state index contributed by atoms with van der Waals surface area (Å²) in [6, 6.07) is 2.15. The maximum atomic E-state index is 11.9. The molecule has 0 saturated carbocycles. The maximum absolute atomic E-state index is 11.9. The van der Waals surface area contributed by atoms with Gasteiger partial charge in [-0.2, -0.15) is 5.26 Å². The number of H-pyrrole nitrogens is 1. The van der Waals surface area contributed by atoms with Crippen LogP contribution in [0.15, 0.2) is 4.79 Å². The highest BCUT2D eigenvalue weighted by Crippen LogP contribution is 2.14. The molecule has 1 rings (SSSR count). The summed E-state index contributed by atoms with van der Waals surface area (Å²) < 4.78 is 0. The van der Waals surface area contributed by atoms with Crippen molar-refractivity contribution in [2.45, 2.75) is 46.6 Å². The van der Waals surface area contributed by atoms with Crippen molar-refractivity contribution in [2.24, 2.45) is 0 Å². The molecule has 3 N–H and O–H groups in total. The van der Waals surface area contributed by atoms with E-state index >= 15 is 0 Å². The molecule has 22 heavy (non-hydrogen) atoms. The molecule has 0 unspecified atom stereocenters. The number of carbonyl (C=O) groups is 1. The minimum absolute atomic E-state index is 0.0340. The predicted octanol–water partition coefficient (Wildman–Crippen LogP) is 0.910. The van der Waals surface area contributed by atoms with Crippen molar-refractivity contribution < 1.29 is 4.79 Å². The van der Waals surface area contributed by atoms with Crippen LogP contribution in [0.1, 0.15) is 42.7 Å². The van der Waals surface area contributed by atoms with Gasteiger partial charge in [0.1, 0.15) is 11.6 Å². The minimum Gasteiger partial charge on any atom is -0.355 e. The summed E-state index contributed by atoms with van der Waals surface area (Å²) >= 11 is 0. The predicted molar refractivity (Wildman–Crippen MR) is 85.7 cm³/mol. The molecule has 0 aliphatic carbocycles. The van der Waals surface area contributed by atoms with Gasteiger partial charge in [0.05, 0.1) is 0 Å². The molecule has 1 heterocycles. The Kier molecular flexibility index (Phi) is 6.80. The van der Waals surface area contributed by atoms with Crippen molar-refractivity contribution in [3.05, 3.63) is 32.7 Å². The highest BCUT2D eigenvalue weighted by atomic mass is 16.1. The zero-order valence-electron chi connectivity index (χ0n) is 13.7. The lowest BCUT2D eigenvalue weighted by molar-refractivity contribution is -0.121. The van der Waals surface area contributed by atoms with Gasteiger partial charge in [-0.15, -0.1) is 0 Å². The van der Waals surface area contributed by atoms with Crippen molar-refractivity contribution >= 4 is 5.91 Å². The van der Waals surface area contributed by atoms with E-state index in [1.807, 2.05) is 19.9 Å². The molecule has 0 aliphatic heterocycles. The fourth-order valence-electron chi connectivity index (χ4n) is 2.43. The Morgan fingerprint density at radius 1 is 1.41 bits per heavy atom. The summed E-state index contributed by atoms with van der Waals surface area (Å²) in [5.41, 5.74) is 2.01. The van der Waals surface area contributed by atoms with Gasteiger partial charge in [0.2, 0.25) is 5.91 Å². The molecule has 0 fully saturated rings. The zero-order chi connectivity index (χ0) is 16.7. The summed E-state index contributed by atoms with van der Waals surface area (Å²) in [6.07, 6.45) is 0.835. The Bertz CT molecular complexity index is 628. The number of carbonyl (C=O) groups excluding carboxylic acids is 1. The van der Waals surface area contributed by atoms with E-state index in [4.69, 9.17) is 5.26 Å². The summed E-state index contributed by atoms with van der Waals surface area (Å²) in [6.45, 7) is 9.02. The molecular weight excluding hydrogens is 280 g/mol. The first-order chi connectivity index (χ1) is 10.4. The average Bonchev–Trinajstić information content (AvgIpc) is 2.45. The Hall–Kier alpha value is -2.13. The van der Waals surface area contributed by atoms with E-state index in [0.717, 1.165) is 17.8 Å². The van der Waals surface area contributed by atoms with E-state index in [9.17, 15) is 9.59 Å². The third-order valence-electron chi connectivity index (χ3n) is 3.68. The van der Waals surface area contributed by atoms with E-state index < -0.39 is 0 Å². The van der Waals surface area contributed by atoms with E-state index in [1.54, 1.807) is 13.8 Å². The summed E-state index contributed by atoms with van der Waals surface area (Å²) in [5.74, 6) is -0.0340. The average molecular weight is 304 g/mol. The van der Waals surface area contributed by atoms with Crippen LogP contribution in [0.2, 0.25) is 0 Å². The van der Waals surface area contributed by atoms with Crippen LogP contribution in [0.5, 0.6) is 0 Å². The number of nitrogens with zero attached hydrogens (tertiary/aromatic N) is 1. The zero-order valence-corrected chi connectivity index (χ0v) is 13.7. The lowest BCUT2D eigenvalue weighted by atomic mass is 9.99. The van der Waals surface area contributed by atoms with Crippen LogP contribution in [0, 0.1) is 25.2 Å². The van der Waals surface area contributed by atoms with Crippen LogP contribution in [-0.4, -0.2) is 30.0 Å². The largest absolute Gasteiger partial charge is 0.355 e. The Balaban J connectivity index is 2.67. The highest BCUT2D eigenvalue weighted by molar-refractivity contribution is 5.76. The first-order valence-electron chi connectivity index (χ1n) is 7.53. The molecule has 0 radical (unpaired) electrons. The quantitative estimate of drug-likeness (QED) is 0.697. The van der Waals surface area contributed by atoms with Gasteiger partial charge >= 0.3 is 0 Å². The van der Waals surface area contributed by atoms with Crippen LogP contribution in [-0.2, 0) is 11.2 Å². The number of aromatic amines is 1. The molecular formula is C16H24N4O2. The second-order valence-electron chi connectivity index (χ2n) is 5.43. The van der Waals surface area contributed by atoms with Crippen LogP contribution < -0.4 is 16.2 Å². The van der Waals surface area contributed by atoms with Gasteiger partial charge in [-0.3, -0.25) is 9.59 Å². The number of hydrogen-bond donors (Lipinski definition) is 3. The molecule has 1 atom stereocenters. The fraction of sp³-hybridized carbons (Fsp3) is 0.562. The number of nitrogens with one attached hydrogen (secondary N) is 3. The van der Waals surface area contributed by atoms with Crippen molar-refractivity contribution in [1.29, 1.82) is 5.26 Å². The molecule has 6 heteroatoms. The molecule has 0 aromatic carbocycles. The monoisotopic (exact) mass is 304 g/mol. The van der Waals surface area contributed by atoms with Gasteiger partial charge in [-0.05, 0) is 44.9 Å². The van der Waals surface area contributed by atoms with E-state index in [1.165, 1.54) is 0 Å². The molecule has 0 spiro atoms. The minimum atomic E-state index is -0.370. The maximum Gasteiger partial charge on any atom is 0.266 e. The van der Waals surface area contributed by atoms with Crippen molar-refractivity contribution in [1.82, 2.24) is 15.6 Å². The van der Waals surface area contributed by atoms with Gasteiger partial charge in [0, 0.05) is 24.7 Å². The lowest BCUT2D eigenvalue weighted by Gasteiger charge is -2.14.